The Balaban J connectivity index is 1.28. The van der Waals surface area contributed by atoms with E-state index in [2.05, 4.69) is 139 Å². The van der Waals surface area contributed by atoms with Gasteiger partial charge in [0.1, 0.15) is 0 Å². The van der Waals surface area contributed by atoms with Crippen molar-refractivity contribution in [1.82, 2.24) is 0 Å². The van der Waals surface area contributed by atoms with E-state index in [-0.39, 0.29) is 5.41 Å². The van der Waals surface area contributed by atoms with Gasteiger partial charge in [-0.05, 0) is 93.8 Å². The summed E-state index contributed by atoms with van der Waals surface area (Å²) >= 11 is 1.89. The van der Waals surface area contributed by atoms with E-state index in [1.54, 1.807) is 0 Å². The highest BCUT2D eigenvalue weighted by Crippen LogP contribution is 2.62. The molecule has 1 spiro atoms. The Hall–Kier alpha value is -4.27. The molecule has 2 aliphatic carbocycles. The van der Waals surface area contributed by atoms with Crippen LogP contribution in [0.15, 0.2) is 143 Å². The Morgan fingerprint density at radius 2 is 1.23 bits per heavy atom. The van der Waals surface area contributed by atoms with Gasteiger partial charge in [-0.2, -0.15) is 0 Å². The zero-order valence-electron chi connectivity index (χ0n) is 21.5. The minimum atomic E-state index is -0.340. The fourth-order valence-corrected chi connectivity index (χ4v) is 7.88. The number of hydrogen-bond acceptors (Lipinski definition) is 2. The first-order chi connectivity index (χ1) is 19.3. The van der Waals surface area contributed by atoms with E-state index >= 15 is 0 Å². The Bertz CT molecular complexity index is 1760. The fraction of sp³-hybridized carbons (Fsp3) is 0.0811. The number of anilines is 2. The summed E-state index contributed by atoms with van der Waals surface area (Å²) in [4.78, 5) is 2.65. The van der Waals surface area contributed by atoms with Gasteiger partial charge in [0.25, 0.3) is 0 Å². The molecule has 0 saturated heterocycles. The molecular weight excluding hydrogens is 490 g/mol. The van der Waals surface area contributed by atoms with E-state index in [4.69, 9.17) is 0 Å². The van der Waals surface area contributed by atoms with Crippen LogP contribution < -0.4 is 5.32 Å². The second kappa shape index (κ2) is 8.90. The second-order valence-electron chi connectivity index (χ2n) is 10.5. The molecular formula is C37H27NS. The molecule has 0 atom stereocenters. The molecule has 0 aromatic heterocycles. The minimum absolute atomic E-state index is 0.340. The van der Waals surface area contributed by atoms with Crippen LogP contribution in [0.5, 0.6) is 0 Å². The summed E-state index contributed by atoms with van der Waals surface area (Å²) in [6.07, 6.45) is 8.87. The van der Waals surface area contributed by atoms with Crippen molar-refractivity contribution in [1.29, 1.82) is 0 Å². The SMILES string of the molecule is C1=CCCC(c2ccc(Nc3ccc4c(c3)C3(c5ccccc5S4)c4ccccc4-c4ccccc43)cc2)=C1. The molecule has 0 radical (unpaired) electrons. The fourth-order valence-electron chi connectivity index (χ4n) is 6.71. The predicted octanol–water partition coefficient (Wildman–Crippen LogP) is 9.99. The normalized spacial score (nSPS) is 15.6. The lowest BCUT2D eigenvalue weighted by molar-refractivity contribution is 0.723. The zero-order chi connectivity index (χ0) is 25.8. The average Bonchev–Trinajstić information content (AvgIpc) is 3.30. The number of rotatable bonds is 3. The summed E-state index contributed by atoms with van der Waals surface area (Å²) in [6.45, 7) is 0. The van der Waals surface area contributed by atoms with E-state index in [1.807, 2.05) is 11.8 Å². The van der Waals surface area contributed by atoms with Crippen molar-refractivity contribution >= 4 is 28.7 Å². The maximum absolute atomic E-state index is 3.72. The zero-order valence-corrected chi connectivity index (χ0v) is 22.3. The molecule has 5 aromatic rings. The summed E-state index contributed by atoms with van der Waals surface area (Å²) in [5, 5.41) is 3.72. The third-order valence-electron chi connectivity index (χ3n) is 8.41. The van der Waals surface area contributed by atoms with E-state index in [9.17, 15) is 0 Å². The van der Waals surface area contributed by atoms with Crippen LogP contribution in [0, 0.1) is 0 Å². The van der Waals surface area contributed by atoms with Crippen LogP contribution in [0.4, 0.5) is 11.4 Å². The van der Waals surface area contributed by atoms with E-state index in [0.29, 0.717) is 0 Å². The quantitative estimate of drug-likeness (QED) is 0.250. The molecule has 1 aliphatic heterocycles. The lowest BCUT2D eigenvalue weighted by Crippen LogP contribution is -2.32. The Labute approximate surface area is 233 Å². The topological polar surface area (TPSA) is 12.0 Å². The smallest absolute Gasteiger partial charge is 0.0736 e. The molecule has 0 amide bonds. The molecule has 0 unspecified atom stereocenters. The summed E-state index contributed by atoms with van der Waals surface area (Å²) in [5.41, 5.74) is 12.7. The maximum Gasteiger partial charge on any atom is 0.0736 e. The van der Waals surface area contributed by atoms with Gasteiger partial charge >= 0.3 is 0 Å². The summed E-state index contributed by atoms with van der Waals surface area (Å²) in [6, 6.07) is 42.7. The summed E-state index contributed by atoms with van der Waals surface area (Å²) in [7, 11) is 0. The number of benzene rings is 5. The highest BCUT2D eigenvalue weighted by atomic mass is 32.2. The molecule has 39 heavy (non-hydrogen) atoms. The van der Waals surface area contributed by atoms with Gasteiger partial charge < -0.3 is 5.32 Å². The summed E-state index contributed by atoms with van der Waals surface area (Å²) < 4.78 is 0. The molecule has 1 N–H and O–H groups in total. The number of nitrogens with one attached hydrogen (secondary N) is 1. The second-order valence-corrected chi connectivity index (χ2v) is 11.6. The Morgan fingerprint density at radius 1 is 0.590 bits per heavy atom. The average molecular weight is 518 g/mol. The molecule has 5 aromatic carbocycles. The van der Waals surface area contributed by atoms with Gasteiger partial charge in [0.2, 0.25) is 0 Å². The van der Waals surface area contributed by atoms with Crippen molar-refractivity contribution in [3.05, 3.63) is 161 Å². The van der Waals surface area contributed by atoms with Crippen LogP contribution in [0.1, 0.15) is 40.7 Å². The van der Waals surface area contributed by atoms with E-state index in [0.717, 1.165) is 24.2 Å². The van der Waals surface area contributed by atoms with Crippen LogP contribution >= 0.6 is 11.8 Å². The molecule has 0 bridgehead atoms. The molecule has 186 valence electrons. The first-order valence-electron chi connectivity index (χ1n) is 13.7. The van der Waals surface area contributed by atoms with Crippen LogP contribution in [-0.4, -0.2) is 0 Å². The first-order valence-corrected chi connectivity index (χ1v) is 14.5. The van der Waals surface area contributed by atoms with Crippen LogP contribution in [0.2, 0.25) is 0 Å². The minimum Gasteiger partial charge on any atom is -0.356 e. The van der Waals surface area contributed by atoms with Crippen molar-refractivity contribution in [3.8, 4) is 11.1 Å². The molecule has 3 aliphatic rings. The molecule has 2 heteroatoms. The largest absolute Gasteiger partial charge is 0.356 e. The number of allylic oxidation sites excluding steroid dienone is 4. The maximum atomic E-state index is 3.72. The standard InChI is InChI=1S/C37H27NS/c1-2-10-25(11-3-1)26-18-20-27(21-19-26)38-28-22-23-36-34(24-28)37(33-16-8-9-17-35(33)39-36)31-14-6-4-12-29(31)30-13-5-7-15-32(30)37/h1-2,4-10,12-24,38H,3,11H2. The monoisotopic (exact) mass is 517 g/mol. The van der Waals surface area contributed by atoms with Crippen molar-refractivity contribution in [3.63, 3.8) is 0 Å². The molecule has 8 rings (SSSR count). The number of fused-ring (bicyclic) bond motifs is 9. The number of hydrogen-bond donors (Lipinski definition) is 1. The summed E-state index contributed by atoms with van der Waals surface area (Å²) in [5.74, 6) is 0. The van der Waals surface area contributed by atoms with Crippen molar-refractivity contribution < 1.29 is 0 Å². The van der Waals surface area contributed by atoms with E-state index in [1.165, 1.54) is 54.3 Å². The van der Waals surface area contributed by atoms with Gasteiger partial charge in [0.15, 0.2) is 0 Å². The van der Waals surface area contributed by atoms with Gasteiger partial charge in [-0.25, -0.2) is 0 Å². The first kappa shape index (κ1) is 22.7. The van der Waals surface area contributed by atoms with Gasteiger partial charge in [0, 0.05) is 21.2 Å². The molecule has 0 saturated carbocycles. The van der Waals surface area contributed by atoms with Gasteiger partial charge in [-0.15, -0.1) is 0 Å². The van der Waals surface area contributed by atoms with Crippen molar-refractivity contribution in [2.75, 3.05) is 5.32 Å². The lowest BCUT2D eigenvalue weighted by atomic mass is 9.67. The lowest BCUT2D eigenvalue weighted by Gasteiger charge is -2.39. The van der Waals surface area contributed by atoms with Crippen LogP contribution in [-0.2, 0) is 5.41 Å². The van der Waals surface area contributed by atoms with Gasteiger partial charge in [0.05, 0.1) is 5.41 Å². The Kier molecular flexibility index (Phi) is 5.18. The van der Waals surface area contributed by atoms with E-state index < -0.39 is 0 Å². The van der Waals surface area contributed by atoms with Gasteiger partial charge in [-0.3, -0.25) is 0 Å². The highest BCUT2D eigenvalue weighted by Gasteiger charge is 2.50. The van der Waals surface area contributed by atoms with Crippen LogP contribution in [0.25, 0.3) is 16.7 Å². The Morgan fingerprint density at radius 3 is 1.95 bits per heavy atom. The van der Waals surface area contributed by atoms with Gasteiger partial charge in [-0.1, -0.05) is 109 Å². The molecule has 1 heterocycles. The highest BCUT2D eigenvalue weighted by molar-refractivity contribution is 7.99. The third kappa shape index (κ3) is 3.41. The van der Waals surface area contributed by atoms with Crippen molar-refractivity contribution in [2.45, 2.75) is 28.0 Å². The third-order valence-corrected chi connectivity index (χ3v) is 9.56. The molecule has 1 nitrogen and oxygen atoms in total. The predicted molar refractivity (Wildman–Crippen MR) is 164 cm³/mol. The molecule has 0 fully saturated rings. The van der Waals surface area contributed by atoms with Crippen LogP contribution in [0.3, 0.4) is 0 Å². The van der Waals surface area contributed by atoms with Crippen molar-refractivity contribution in [2.24, 2.45) is 0 Å².